The topological polar surface area (TPSA) is 75.5 Å². The van der Waals surface area contributed by atoms with E-state index in [1.165, 1.54) is 4.68 Å². The van der Waals surface area contributed by atoms with Gasteiger partial charge in [0.05, 0.1) is 12.5 Å². The zero-order valence-corrected chi connectivity index (χ0v) is 15.8. The zero-order chi connectivity index (χ0) is 19.5. The molecule has 0 spiro atoms. The first kappa shape index (κ1) is 18.0. The maximum absolute atomic E-state index is 13.4. The smallest absolute Gasteiger partial charge is 0.336 e. The summed E-state index contributed by atoms with van der Waals surface area (Å²) in [6.07, 6.45) is 0.646. The van der Waals surface area contributed by atoms with E-state index in [1.54, 1.807) is 12.1 Å². The number of hydrogen-bond acceptors (Lipinski definition) is 6. The van der Waals surface area contributed by atoms with Crippen LogP contribution in [-0.4, -0.2) is 34.1 Å². The van der Waals surface area contributed by atoms with Gasteiger partial charge in [0.1, 0.15) is 0 Å². The van der Waals surface area contributed by atoms with Crippen LogP contribution in [0.25, 0.3) is 11.4 Å². The predicted octanol–water partition coefficient (Wildman–Crippen LogP) is 3.91. The Hall–Kier alpha value is -3.35. The molecule has 1 aliphatic rings. The number of hydrogen-bond donors (Lipinski definition) is 0. The van der Waals surface area contributed by atoms with Crippen LogP contribution in [0.1, 0.15) is 36.5 Å². The van der Waals surface area contributed by atoms with E-state index in [4.69, 9.17) is 14.2 Å². The van der Waals surface area contributed by atoms with Crippen LogP contribution in [0.15, 0.2) is 48.5 Å². The molecule has 1 aliphatic heterocycles. The van der Waals surface area contributed by atoms with Gasteiger partial charge in [-0.2, -0.15) is 9.67 Å². The second-order valence-corrected chi connectivity index (χ2v) is 6.34. The summed E-state index contributed by atoms with van der Waals surface area (Å²) >= 11 is 0. The van der Waals surface area contributed by atoms with Crippen LogP contribution >= 0.6 is 0 Å². The van der Waals surface area contributed by atoms with Crippen molar-refractivity contribution in [1.29, 1.82) is 0 Å². The van der Waals surface area contributed by atoms with E-state index in [9.17, 15) is 4.79 Å². The van der Waals surface area contributed by atoms with Crippen molar-refractivity contribution >= 4 is 5.91 Å². The van der Waals surface area contributed by atoms with E-state index < -0.39 is 0 Å². The highest BCUT2D eigenvalue weighted by atomic mass is 16.7. The molecule has 3 aromatic rings. The summed E-state index contributed by atoms with van der Waals surface area (Å²) in [4.78, 5) is 17.8. The molecule has 7 nitrogen and oxygen atoms in total. The van der Waals surface area contributed by atoms with Gasteiger partial charge in [-0.15, -0.1) is 5.10 Å². The summed E-state index contributed by atoms with van der Waals surface area (Å²) in [7, 11) is 0. The highest BCUT2D eigenvalue weighted by Crippen LogP contribution is 2.36. The largest absolute Gasteiger partial charge is 0.463 e. The highest BCUT2D eigenvalue weighted by molar-refractivity contribution is 5.88. The Morgan fingerprint density at radius 3 is 2.68 bits per heavy atom. The van der Waals surface area contributed by atoms with Gasteiger partial charge in [0, 0.05) is 5.56 Å². The summed E-state index contributed by atoms with van der Waals surface area (Å²) in [5.74, 6) is 1.22. The molecule has 1 aromatic heterocycles. The minimum Gasteiger partial charge on any atom is -0.463 e. The number of fused-ring (bicyclic) bond motifs is 1. The third-order valence-electron chi connectivity index (χ3n) is 4.61. The van der Waals surface area contributed by atoms with Crippen molar-refractivity contribution < 1.29 is 19.0 Å². The van der Waals surface area contributed by atoms with Crippen molar-refractivity contribution in [3.05, 3.63) is 54.1 Å². The van der Waals surface area contributed by atoms with Crippen LogP contribution in [0.3, 0.4) is 0 Å². The first-order valence-electron chi connectivity index (χ1n) is 9.30. The van der Waals surface area contributed by atoms with Crippen LogP contribution < -0.4 is 14.2 Å². The van der Waals surface area contributed by atoms with Crippen LogP contribution in [0.2, 0.25) is 0 Å². The number of carbonyl (C=O) groups excluding carboxylic acids is 1. The SMILES string of the molecule is CCOc1nc(-c2ccc3c(c2)OCO3)n(C(=O)C(CC)c2ccccc2)n1. The van der Waals surface area contributed by atoms with E-state index in [0.29, 0.717) is 35.9 Å². The van der Waals surface area contributed by atoms with Crippen molar-refractivity contribution in [3.8, 4) is 28.9 Å². The molecule has 0 bridgehead atoms. The zero-order valence-electron chi connectivity index (χ0n) is 15.8. The standard InChI is InChI=1S/C21H21N3O4/c1-3-16(14-8-6-5-7-9-14)20(25)24-19(22-21(23-24)26-4-2)15-10-11-17-18(12-15)28-13-27-17/h5-12,16H,3-4,13H2,1-2H3. The Balaban J connectivity index is 1.76. The monoisotopic (exact) mass is 379 g/mol. The second kappa shape index (κ2) is 7.72. The molecule has 1 atom stereocenters. The summed E-state index contributed by atoms with van der Waals surface area (Å²) in [6, 6.07) is 15.3. The minimum absolute atomic E-state index is 0.153. The number of aromatic nitrogens is 3. The number of benzene rings is 2. The average Bonchev–Trinajstić information content (AvgIpc) is 3.36. The Morgan fingerprint density at radius 2 is 1.93 bits per heavy atom. The lowest BCUT2D eigenvalue weighted by Crippen LogP contribution is -2.22. The molecule has 7 heteroatoms. The minimum atomic E-state index is -0.329. The molecular weight excluding hydrogens is 358 g/mol. The molecule has 0 N–H and O–H groups in total. The molecule has 2 aromatic carbocycles. The Kier molecular flexibility index (Phi) is 4.97. The molecule has 0 radical (unpaired) electrons. The van der Waals surface area contributed by atoms with Crippen molar-refractivity contribution in [2.45, 2.75) is 26.2 Å². The van der Waals surface area contributed by atoms with E-state index in [-0.39, 0.29) is 24.6 Å². The van der Waals surface area contributed by atoms with Crippen molar-refractivity contribution in [2.24, 2.45) is 0 Å². The number of rotatable bonds is 6. The molecule has 0 fully saturated rings. The predicted molar refractivity (Wildman–Crippen MR) is 103 cm³/mol. The van der Waals surface area contributed by atoms with Crippen molar-refractivity contribution in [3.63, 3.8) is 0 Å². The quantitative estimate of drug-likeness (QED) is 0.646. The van der Waals surface area contributed by atoms with Gasteiger partial charge in [0.15, 0.2) is 17.3 Å². The molecule has 0 saturated heterocycles. The van der Waals surface area contributed by atoms with Crippen molar-refractivity contribution in [1.82, 2.24) is 14.8 Å². The molecule has 4 rings (SSSR count). The van der Waals surface area contributed by atoms with Crippen LogP contribution in [0.5, 0.6) is 17.5 Å². The second-order valence-electron chi connectivity index (χ2n) is 6.34. The van der Waals surface area contributed by atoms with E-state index in [2.05, 4.69) is 10.1 Å². The van der Waals surface area contributed by atoms with Crippen LogP contribution in [0.4, 0.5) is 0 Å². The lowest BCUT2D eigenvalue weighted by molar-refractivity contribution is 0.0858. The fraction of sp³-hybridized carbons (Fsp3) is 0.286. The third kappa shape index (κ3) is 3.31. The average molecular weight is 379 g/mol. The van der Waals surface area contributed by atoms with Gasteiger partial charge in [0.2, 0.25) is 6.79 Å². The molecule has 2 heterocycles. The molecular formula is C21H21N3O4. The van der Waals surface area contributed by atoms with Crippen molar-refractivity contribution in [2.75, 3.05) is 13.4 Å². The molecule has 28 heavy (non-hydrogen) atoms. The molecule has 0 aliphatic carbocycles. The Morgan fingerprint density at radius 1 is 1.14 bits per heavy atom. The van der Waals surface area contributed by atoms with Gasteiger partial charge < -0.3 is 14.2 Å². The lowest BCUT2D eigenvalue weighted by Gasteiger charge is -2.15. The third-order valence-corrected chi connectivity index (χ3v) is 4.61. The van der Waals surface area contributed by atoms with Crippen LogP contribution in [-0.2, 0) is 0 Å². The van der Waals surface area contributed by atoms with Gasteiger partial charge >= 0.3 is 6.01 Å². The van der Waals surface area contributed by atoms with Crippen LogP contribution in [0, 0.1) is 0 Å². The van der Waals surface area contributed by atoms with Gasteiger partial charge in [-0.25, -0.2) is 0 Å². The number of ether oxygens (including phenoxy) is 3. The summed E-state index contributed by atoms with van der Waals surface area (Å²) in [5.41, 5.74) is 1.65. The molecule has 0 amide bonds. The molecule has 0 saturated carbocycles. The maximum Gasteiger partial charge on any atom is 0.336 e. The fourth-order valence-electron chi connectivity index (χ4n) is 3.25. The molecule has 1 unspecified atom stereocenters. The van der Waals surface area contributed by atoms with Gasteiger partial charge in [-0.05, 0) is 37.1 Å². The Labute approximate surface area is 162 Å². The lowest BCUT2D eigenvalue weighted by atomic mass is 9.95. The number of carbonyl (C=O) groups is 1. The normalized spacial score (nSPS) is 13.4. The maximum atomic E-state index is 13.4. The fourth-order valence-corrected chi connectivity index (χ4v) is 3.25. The summed E-state index contributed by atoms with van der Waals surface area (Å²) in [6.45, 7) is 4.42. The van der Waals surface area contributed by atoms with E-state index in [1.807, 2.05) is 50.2 Å². The highest BCUT2D eigenvalue weighted by Gasteiger charge is 2.27. The van der Waals surface area contributed by atoms with E-state index >= 15 is 0 Å². The summed E-state index contributed by atoms with van der Waals surface area (Å²) in [5, 5.41) is 4.33. The van der Waals surface area contributed by atoms with Gasteiger partial charge in [-0.3, -0.25) is 4.79 Å². The van der Waals surface area contributed by atoms with E-state index in [0.717, 1.165) is 5.56 Å². The first-order valence-corrected chi connectivity index (χ1v) is 9.30. The molecule has 144 valence electrons. The van der Waals surface area contributed by atoms with Gasteiger partial charge in [-0.1, -0.05) is 37.3 Å². The summed E-state index contributed by atoms with van der Waals surface area (Å²) < 4.78 is 17.6. The first-order chi connectivity index (χ1) is 13.7. The van der Waals surface area contributed by atoms with Gasteiger partial charge in [0.25, 0.3) is 5.91 Å². The number of nitrogens with zero attached hydrogens (tertiary/aromatic N) is 3. The Bertz CT molecular complexity index is 985.